The molecule has 0 spiro atoms. The smallest absolute Gasteiger partial charge is 0.275 e. The minimum absolute atomic E-state index is 0.0637. The Bertz CT molecular complexity index is 1280. The molecule has 0 bridgehead atoms. The molecule has 3 heterocycles. The third-order valence-electron chi connectivity index (χ3n) is 5.73. The summed E-state index contributed by atoms with van der Waals surface area (Å²) in [6, 6.07) is 15.3. The van der Waals surface area contributed by atoms with Crippen LogP contribution >= 0.6 is 11.3 Å². The van der Waals surface area contributed by atoms with Gasteiger partial charge in [0.05, 0.1) is 21.6 Å². The summed E-state index contributed by atoms with van der Waals surface area (Å²) < 4.78 is 2.51. The van der Waals surface area contributed by atoms with Crippen molar-refractivity contribution >= 4 is 38.2 Å². The summed E-state index contributed by atoms with van der Waals surface area (Å²) in [4.78, 5) is 33.1. The first-order valence-electron chi connectivity index (χ1n) is 10.3. The largest absolute Gasteiger partial charge is 0.328 e. The van der Waals surface area contributed by atoms with E-state index < -0.39 is 0 Å². The van der Waals surface area contributed by atoms with Crippen molar-refractivity contribution in [1.29, 1.82) is 0 Å². The number of hydrogen-bond donors (Lipinski definition) is 0. The monoisotopic (exact) mass is 418 g/mol. The van der Waals surface area contributed by atoms with E-state index in [2.05, 4.69) is 11.2 Å². The van der Waals surface area contributed by atoms with E-state index >= 15 is 0 Å². The second kappa shape index (κ2) is 7.65. The van der Waals surface area contributed by atoms with Gasteiger partial charge in [0.15, 0.2) is 5.69 Å². The first-order chi connectivity index (χ1) is 14.7. The van der Waals surface area contributed by atoms with Crippen LogP contribution in [0, 0.1) is 0 Å². The van der Waals surface area contributed by atoms with Gasteiger partial charge in [0.2, 0.25) is 0 Å². The zero-order valence-electron chi connectivity index (χ0n) is 16.7. The highest BCUT2D eigenvalue weighted by atomic mass is 32.1. The van der Waals surface area contributed by atoms with Gasteiger partial charge in [-0.3, -0.25) is 9.59 Å². The molecule has 5 rings (SSSR count). The van der Waals surface area contributed by atoms with E-state index in [9.17, 15) is 9.59 Å². The van der Waals surface area contributed by atoms with Crippen molar-refractivity contribution in [2.24, 2.45) is 0 Å². The van der Waals surface area contributed by atoms with Crippen LogP contribution in [0.2, 0.25) is 0 Å². The molecule has 2 aromatic carbocycles. The summed E-state index contributed by atoms with van der Waals surface area (Å²) in [5.41, 5.74) is 1.16. The zero-order chi connectivity index (χ0) is 20.7. The molecule has 30 heavy (non-hydrogen) atoms. The molecule has 152 valence electrons. The highest BCUT2D eigenvalue weighted by molar-refractivity contribution is 7.18. The molecule has 2 aromatic heterocycles. The van der Waals surface area contributed by atoms with E-state index in [1.54, 1.807) is 17.4 Å². The Balaban J connectivity index is 1.61. The van der Waals surface area contributed by atoms with Crippen molar-refractivity contribution in [2.45, 2.75) is 38.8 Å². The highest BCUT2D eigenvalue weighted by Crippen LogP contribution is 2.36. The molecular formula is C23H22N4O2S. The van der Waals surface area contributed by atoms with Crippen LogP contribution in [0.1, 0.15) is 47.7 Å². The van der Waals surface area contributed by atoms with Crippen LogP contribution in [0.15, 0.2) is 53.3 Å². The van der Waals surface area contributed by atoms with Crippen molar-refractivity contribution in [3.63, 3.8) is 0 Å². The minimum Gasteiger partial charge on any atom is -0.328 e. The Morgan fingerprint density at radius 1 is 1.10 bits per heavy atom. The average molecular weight is 419 g/mol. The fourth-order valence-corrected chi connectivity index (χ4v) is 5.32. The van der Waals surface area contributed by atoms with Gasteiger partial charge in [-0.05, 0) is 44.4 Å². The number of fused-ring (bicyclic) bond motifs is 2. The molecule has 1 amide bonds. The van der Waals surface area contributed by atoms with Gasteiger partial charge in [-0.25, -0.2) is 9.67 Å². The van der Waals surface area contributed by atoms with Gasteiger partial charge in [-0.1, -0.05) is 30.3 Å². The lowest BCUT2D eigenvalue weighted by Crippen LogP contribution is -2.40. The minimum atomic E-state index is -0.161. The molecule has 7 heteroatoms. The maximum Gasteiger partial charge on any atom is 0.275 e. The molecular weight excluding hydrogens is 396 g/mol. The highest BCUT2D eigenvalue weighted by Gasteiger charge is 2.33. The van der Waals surface area contributed by atoms with E-state index in [1.807, 2.05) is 48.2 Å². The molecule has 1 unspecified atom stereocenters. The lowest BCUT2D eigenvalue weighted by Gasteiger charge is -2.34. The van der Waals surface area contributed by atoms with Crippen molar-refractivity contribution in [1.82, 2.24) is 19.7 Å². The maximum atomic E-state index is 13.7. The van der Waals surface area contributed by atoms with Crippen LogP contribution in [0.25, 0.3) is 21.0 Å². The van der Waals surface area contributed by atoms with Crippen LogP contribution in [0.5, 0.6) is 0 Å². The molecule has 1 aliphatic rings. The Morgan fingerprint density at radius 2 is 1.87 bits per heavy atom. The first kappa shape index (κ1) is 18.9. The number of para-hydroxylation sites is 1. The van der Waals surface area contributed by atoms with E-state index in [1.165, 1.54) is 4.68 Å². The van der Waals surface area contributed by atoms with Gasteiger partial charge in [-0.2, -0.15) is 5.10 Å². The summed E-state index contributed by atoms with van der Waals surface area (Å²) in [7, 11) is 0. The Kier molecular flexibility index (Phi) is 4.83. The molecule has 0 N–H and O–H groups in total. The number of carbonyl (C=O) groups is 1. The number of likely N-dealkylation sites (tertiary alicyclic amines) is 1. The van der Waals surface area contributed by atoms with Gasteiger partial charge in [0, 0.05) is 18.5 Å². The van der Waals surface area contributed by atoms with E-state index in [0.717, 1.165) is 34.5 Å². The van der Waals surface area contributed by atoms with Gasteiger partial charge < -0.3 is 4.90 Å². The molecule has 1 aliphatic heterocycles. The molecule has 6 nitrogen and oxygen atoms in total. The first-order valence-corrected chi connectivity index (χ1v) is 11.2. The number of rotatable bonds is 3. The van der Waals surface area contributed by atoms with E-state index in [-0.39, 0.29) is 17.5 Å². The predicted molar refractivity (Wildman–Crippen MR) is 119 cm³/mol. The molecule has 0 saturated carbocycles. The molecule has 1 fully saturated rings. The number of hydrogen-bond acceptors (Lipinski definition) is 5. The SMILES string of the molecule is CCn1nc(C(=O)N2CCCCC2c2nc3ccccc3s2)c2ccccc2c1=O. The lowest BCUT2D eigenvalue weighted by atomic mass is 10.0. The number of amides is 1. The number of aryl methyl sites for hydroxylation is 1. The second-order valence-corrected chi connectivity index (χ2v) is 8.61. The standard InChI is InChI=1S/C23H22N4O2S/c1-2-27-22(28)16-10-4-3-9-15(16)20(25-27)23(29)26-14-8-7-12-18(26)21-24-17-11-5-6-13-19(17)30-21/h3-6,9-11,13,18H,2,7-8,12,14H2,1H3. The molecule has 4 aromatic rings. The van der Waals surface area contributed by atoms with Crippen molar-refractivity contribution < 1.29 is 4.79 Å². The number of thiazole rings is 1. The van der Waals surface area contributed by atoms with Gasteiger partial charge in [0.25, 0.3) is 11.5 Å². The summed E-state index contributed by atoms with van der Waals surface area (Å²) in [6.07, 6.45) is 2.91. The van der Waals surface area contributed by atoms with Crippen LogP contribution in [0.4, 0.5) is 0 Å². The second-order valence-electron chi connectivity index (χ2n) is 7.55. The Labute approximate surface area is 177 Å². The van der Waals surface area contributed by atoms with Crippen LogP contribution in [0.3, 0.4) is 0 Å². The normalized spacial score (nSPS) is 17.0. The van der Waals surface area contributed by atoms with Crippen molar-refractivity contribution in [3.8, 4) is 0 Å². The van der Waals surface area contributed by atoms with Crippen LogP contribution in [-0.2, 0) is 6.54 Å². The number of piperidine rings is 1. The van der Waals surface area contributed by atoms with Crippen LogP contribution < -0.4 is 5.56 Å². The fraction of sp³-hybridized carbons (Fsp3) is 0.304. The number of nitrogens with zero attached hydrogens (tertiary/aromatic N) is 4. The molecule has 0 radical (unpaired) electrons. The Hall–Kier alpha value is -3.06. The van der Waals surface area contributed by atoms with E-state index in [4.69, 9.17) is 4.98 Å². The van der Waals surface area contributed by atoms with Crippen molar-refractivity contribution in [2.75, 3.05) is 6.54 Å². The van der Waals surface area contributed by atoms with Gasteiger partial charge >= 0.3 is 0 Å². The van der Waals surface area contributed by atoms with E-state index in [0.29, 0.717) is 29.6 Å². The summed E-state index contributed by atoms with van der Waals surface area (Å²) in [5.74, 6) is -0.127. The molecule has 1 saturated heterocycles. The van der Waals surface area contributed by atoms with Crippen LogP contribution in [-0.4, -0.2) is 32.1 Å². The summed E-state index contributed by atoms with van der Waals surface area (Å²) in [5, 5.41) is 6.58. The quantitative estimate of drug-likeness (QED) is 0.495. The molecule has 1 atom stereocenters. The van der Waals surface area contributed by atoms with Crippen molar-refractivity contribution in [3.05, 3.63) is 69.6 Å². The maximum absolute atomic E-state index is 13.7. The fourth-order valence-electron chi connectivity index (χ4n) is 4.21. The molecule has 0 aliphatic carbocycles. The van der Waals surface area contributed by atoms with Gasteiger partial charge in [0.1, 0.15) is 5.01 Å². The Morgan fingerprint density at radius 3 is 2.67 bits per heavy atom. The number of aromatic nitrogens is 3. The average Bonchev–Trinajstić information content (AvgIpc) is 3.23. The summed E-state index contributed by atoms with van der Waals surface area (Å²) in [6.45, 7) is 2.95. The predicted octanol–water partition coefficient (Wildman–Crippen LogP) is 4.39. The zero-order valence-corrected chi connectivity index (χ0v) is 17.6. The lowest BCUT2D eigenvalue weighted by molar-refractivity contribution is 0.0605. The number of benzene rings is 2. The van der Waals surface area contributed by atoms with Gasteiger partial charge in [-0.15, -0.1) is 11.3 Å². The third kappa shape index (κ3) is 3.10. The number of carbonyl (C=O) groups excluding carboxylic acids is 1. The topological polar surface area (TPSA) is 68.1 Å². The summed E-state index contributed by atoms with van der Waals surface area (Å²) >= 11 is 1.65. The third-order valence-corrected chi connectivity index (χ3v) is 6.87.